The van der Waals surface area contributed by atoms with Crippen molar-refractivity contribution < 1.29 is 4.79 Å². The fourth-order valence-corrected chi connectivity index (χ4v) is 1.35. The highest BCUT2D eigenvalue weighted by Gasteiger charge is 2.21. The summed E-state index contributed by atoms with van der Waals surface area (Å²) in [4.78, 5) is 11.8. The van der Waals surface area contributed by atoms with Crippen LogP contribution in [0.5, 0.6) is 0 Å². The van der Waals surface area contributed by atoms with E-state index in [4.69, 9.17) is 5.73 Å². The molecule has 0 spiro atoms. The third kappa shape index (κ3) is 2.45. The summed E-state index contributed by atoms with van der Waals surface area (Å²) < 4.78 is 1.84. The summed E-state index contributed by atoms with van der Waals surface area (Å²) in [5.74, 6) is 0.160. The molecule has 2 N–H and O–H groups in total. The van der Waals surface area contributed by atoms with Crippen molar-refractivity contribution in [1.82, 2.24) is 4.57 Å². The van der Waals surface area contributed by atoms with Gasteiger partial charge in [0.25, 0.3) is 0 Å². The predicted octanol–water partition coefficient (Wildman–Crippen LogP) is 1.58. The predicted molar refractivity (Wildman–Crippen MR) is 57.2 cm³/mol. The van der Waals surface area contributed by atoms with Gasteiger partial charge < -0.3 is 10.3 Å². The van der Waals surface area contributed by atoms with E-state index in [1.807, 2.05) is 43.8 Å². The Morgan fingerprint density at radius 1 is 1.57 bits per heavy atom. The molecule has 78 valence electrons. The first-order valence-corrected chi connectivity index (χ1v) is 4.81. The zero-order valence-electron chi connectivity index (χ0n) is 9.08. The average Bonchev–Trinajstić information content (AvgIpc) is 2.51. The molecule has 0 aromatic carbocycles. The van der Waals surface area contributed by atoms with Crippen molar-refractivity contribution in [3.8, 4) is 0 Å². The molecule has 1 heterocycles. The summed E-state index contributed by atoms with van der Waals surface area (Å²) in [7, 11) is 1.88. The van der Waals surface area contributed by atoms with Crippen molar-refractivity contribution in [2.24, 2.45) is 18.2 Å². The Bertz CT molecular complexity index is 326. The van der Waals surface area contributed by atoms with Crippen LogP contribution in [0.3, 0.4) is 0 Å². The molecule has 1 aromatic rings. The first-order valence-electron chi connectivity index (χ1n) is 4.81. The van der Waals surface area contributed by atoms with Gasteiger partial charge in [-0.2, -0.15) is 0 Å². The van der Waals surface area contributed by atoms with Crippen molar-refractivity contribution in [3.05, 3.63) is 24.0 Å². The molecule has 0 bridgehead atoms. The summed E-state index contributed by atoms with van der Waals surface area (Å²) in [5, 5.41) is 0. The lowest BCUT2D eigenvalue weighted by atomic mass is 9.87. The lowest BCUT2D eigenvalue weighted by Gasteiger charge is -2.21. The molecule has 0 fully saturated rings. The maximum absolute atomic E-state index is 11.8. The Morgan fingerprint density at radius 3 is 2.64 bits per heavy atom. The Morgan fingerprint density at radius 2 is 2.21 bits per heavy atom. The highest BCUT2D eigenvalue weighted by atomic mass is 16.1. The van der Waals surface area contributed by atoms with Gasteiger partial charge >= 0.3 is 0 Å². The molecule has 3 heteroatoms. The first-order chi connectivity index (χ1) is 6.46. The van der Waals surface area contributed by atoms with Gasteiger partial charge in [-0.25, -0.2) is 0 Å². The fourth-order valence-electron chi connectivity index (χ4n) is 1.35. The number of carbonyl (C=O) groups is 1. The molecule has 0 radical (unpaired) electrons. The fraction of sp³-hybridized carbons (Fsp3) is 0.545. The molecule has 1 rings (SSSR count). The third-order valence-electron chi connectivity index (χ3n) is 2.42. The summed E-state index contributed by atoms with van der Waals surface area (Å²) in [6.45, 7) is 4.55. The molecule has 0 aliphatic carbocycles. The number of aromatic nitrogens is 1. The van der Waals surface area contributed by atoms with Crippen LogP contribution in [0.4, 0.5) is 0 Å². The Balaban J connectivity index is 2.73. The molecular weight excluding hydrogens is 176 g/mol. The van der Waals surface area contributed by atoms with Crippen LogP contribution in [0, 0.1) is 5.41 Å². The zero-order chi connectivity index (χ0) is 10.8. The molecule has 3 nitrogen and oxygen atoms in total. The highest BCUT2D eigenvalue weighted by molar-refractivity contribution is 5.95. The summed E-state index contributed by atoms with van der Waals surface area (Å²) in [6.07, 6.45) is 2.38. The van der Waals surface area contributed by atoms with Crippen molar-refractivity contribution in [2.75, 3.05) is 6.54 Å². The Hall–Kier alpha value is -1.09. The minimum atomic E-state index is -0.110. The number of hydrogen-bond acceptors (Lipinski definition) is 2. The molecule has 14 heavy (non-hydrogen) atoms. The second kappa shape index (κ2) is 3.96. The normalized spacial score (nSPS) is 11.7. The van der Waals surface area contributed by atoms with Crippen LogP contribution in [0.1, 0.15) is 30.8 Å². The maximum atomic E-state index is 11.8. The van der Waals surface area contributed by atoms with Gasteiger partial charge in [0, 0.05) is 19.7 Å². The molecule has 0 atom stereocenters. The van der Waals surface area contributed by atoms with Crippen molar-refractivity contribution in [1.29, 1.82) is 0 Å². The number of ketones is 1. The molecule has 0 aliphatic rings. The van der Waals surface area contributed by atoms with Crippen LogP contribution in [0.25, 0.3) is 0 Å². The lowest BCUT2D eigenvalue weighted by molar-refractivity contribution is 0.0927. The van der Waals surface area contributed by atoms with Gasteiger partial charge in [0.05, 0.1) is 5.69 Å². The number of aryl methyl sites for hydroxylation is 1. The number of rotatable bonds is 4. The van der Waals surface area contributed by atoms with Gasteiger partial charge in [0.15, 0.2) is 5.78 Å². The molecular formula is C11H18N2O. The molecule has 0 saturated carbocycles. The third-order valence-corrected chi connectivity index (χ3v) is 2.42. The monoisotopic (exact) mass is 194 g/mol. The topological polar surface area (TPSA) is 48.0 Å². The van der Waals surface area contributed by atoms with E-state index in [0.29, 0.717) is 13.0 Å². The second-order valence-electron chi connectivity index (χ2n) is 4.47. The SMILES string of the molecule is Cn1cccc1C(=O)CC(C)(C)CN. The van der Waals surface area contributed by atoms with Gasteiger partial charge in [-0.05, 0) is 24.1 Å². The van der Waals surface area contributed by atoms with Gasteiger partial charge in [-0.1, -0.05) is 13.8 Å². The van der Waals surface area contributed by atoms with Crippen LogP contribution >= 0.6 is 0 Å². The Labute approximate surface area is 84.9 Å². The summed E-state index contributed by atoms with van der Waals surface area (Å²) >= 11 is 0. The van der Waals surface area contributed by atoms with Crippen molar-refractivity contribution in [2.45, 2.75) is 20.3 Å². The quantitative estimate of drug-likeness (QED) is 0.740. The number of Topliss-reactive ketones (excluding diaryl/α,β-unsaturated/α-hetero) is 1. The number of hydrogen-bond donors (Lipinski definition) is 1. The summed E-state index contributed by atoms with van der Waals surface area (Å²) in [6, 6.07) is 3.72. The number of carbonyl (C=O) groups excluding carboxylic acids is 1. The maximum Gasteiger partial charge on any atom is 0.179 e. The van der Waals surface area contributed by atoms with Gasteiger partial charge in [-0.3, -0.25) is 4.79 Å². The van der Waals surface area contributed by atoms with Gasteiger partial charge in [0.1, 0.15) is 0 Å². The summed E-state index contributed by atoms with van der Waals surface area (Å²) in [5.41, 5.74) is 6.23. The van der Waals surface area contributed by atoms with Crippen molar-refractivity contribution >= 4 is 5.78 Å². The number of nitrogens with zero attached hydrogens (tertiary/aromatic N) is 1. The van der Waals surface area contributed by atoms with E-state index in [1.165, 1.54) is 0 Å². The van der Waals surface area contributed by atoms with Crippen LogP contribution in [-0.2, 0) is 7.05 Å². The van der Waals surface area contributed by atoms with Gasteiger partial charge in [0.2, 0.25) is 0 Å². The van der Waals surface area contributed by atoms with Crippen LogP contribution in [0.2, 0.25) is 0 Å². The van der Waals surface area contributed by atoms with E-state index in [0.717, 1.165) is 5.69 Å². The van der Waals surface area contributed by atoms with Crippen LogP contribution in [0.15, 0.2) is 18.3 Å². The minimum Gasteiger partial charge on any atom is -0.348 e. The van der Waals surface area contributed by atoms with Crippen molar-refractivity contribution in [3.63, 3.8) is 0 Å². The minimum absolute atomic E-state index is 0.110. The molecule has 0 aliphatic heterocycles. The van der Waals surface area contributed by atoms with E-state index in [1.54, 1.807) is 0 Å². The lowest BCUT2D eigenvalue weighted by Crippen LogP contribution is -2.27. The standard InChI is InChI=1S/C11H18N2O/c1-11(2,8-12)7-10(14)9-5-4-6-13(9)3/h4-6H,7-8,12H2,1-3H3. The van der Waals surface area contributed by atoms with Gasteiger partial charge in [-0.15, -0.1) is 0 Å². The molecule has 0 unspecified atom stereocenters. The second-order valence-corrected chi connectivity index (χ2v) is 4.47. The molecule has 0 amide bonds. The number of nitrogens with two attached hydrogens (primary N) is 1. The van der Waals surface area contributed by atoms with E-state index >= 15 is 0 Å². The molecule has 0 saturated heterocycles. The highest BCUT2D eigenvalue weighted by Crippen LogP contribution is 2.21. The van der Waals surface area contributed by atoms with E-state index in [2.05, 4.69) is 0 Å². The van der Waals surface area contributed by atoms with E-state index in [9.17, 15) is 4.79 Å². The van der Waals surface area contributed by atoms with E-state index < -0.39 is 0 Å². The smallest absolute Gasteiger partial charge is 0.179 e. The largest absolute Gasteiger partial charge is 0.348 e. The molecule has 1 aromatic heterocycles. The van der Waals surface area contributed by atoms with E-state index in [-0.39, 0.29) is 11.2 Å². The average molecular weight is 194 g/mol. The van der Waals surface area contributed by atoms with Crippen LogP contribution in [-0.4, -0.2) is 16.9 Å². The first kappa shape index (κ1) is 11.0. The van der Waals surface area contributed by atoms with Crippen LogP contribution < -0.4 is 5.73 Å². The zero-order valence-corrected chi connectivity index (χ0v) is 9.08. The Kier molecular flexibility index (Phi) is 3.11.